The molecule has 0 amide bonds. The van der Waals surface area contributed by atoms with Gasteiger partial charge in [-0.2, -0.15) is 0 Å². The standard InChI is InChI=1S/C14H24N2O/c17-8-7-15-3-5-16(6-4-15)11-14-10-12-1-2-13(14)9-12/h1-2,12-14,17H,3-11H2/t12-,13-,14+/m0/s1. The lowest BCUT2D eigenvalue weighted by Crippen LogP contribution is -2.48. The van der Waals surface area contributed by atoms with Crippen LogP contribution in [0.4, 0.5) is 0 Å². The quantitative estimate of drug-likeness (QED) is 0.732. The average Bonchev–Trinajstić information content (AvgIpc) is 2.94. The molecule has 96 valence electrons. The summed E-state index contributed by atoms with van der Waals surface area (Å²) in [5.74, 6) is 2.71. The molecule has 0 aromatic carbocycles. The van der Waals surface area contributed by atoms with Crippen molar-refractivity contribution < 1.29 is 5.11 Å². The lowest BCUT2D eigenvalue weighted by atomic mass is 9.93. The van der Waals surface area contributed by atoms with Gasteiger partial charge >= 0.3 is 0 Å². The smallest absolute Gasteiger partial charge is 0.0558 e. The van der Waals surface area contributed by atoms with E-state index in [0.29, 0.717) is 6.61 Å². The number of aliphatic hydroxyl groups is 1. The van der Waals surface area contributed by atoms with Gasteiger partial charge in [0.25, 0.3) is 0 Å². The zero-order valence-electron chi connectivity index (χ0n) is 10.6. The number of β-amino-alcohol motifs (C(OH)–C–C–N with tert-alkyl or cyclic N) is 1. The highest BCUT2D eigenvalue weighted by Crippen LogP contribution is 2.43. The molecule has 17 heavy (non-hydrogen) atoms. The minimum absolute atomic E-state index is 0.303. The second kappa shape index (κ2) is 5.09. The zero-order chi connectivity index (χ0) is 11.7. The van der Waals surface area contributed by atoms with Gasteiger partial charge in [-0.3, -0.25) is 4.90 Å². The van der Waals surface area contributed by atoms with E-state index in [-0.39, 0.29) is 0 Å². The predicted octanol–water partition coefficient (Wildman–Crippen LogP) is 0.808. The minimum atomic E-state index is 0.303. The van der Waals surface area contributed by atoms with Gasteiger partial charge in [-0.25, -0.2) is 0 Å². The Hall–Kier alpha value is -0.380. The molecule has 0 unspecified atom stereocenters. The van der Waals surface area contributed by atoms with Crippen molar-refractivity contribution >= 4 is 0 Å². The van der Waals surface area contributed by atoms with Gasteiger partial charge in [0.2, 0.25) is 0 Å². The average molecular weight is 236 g/mol. The Morgan fingerprint density at radius 2 is 1.76 bits per heavy atom. The lowest BCUT2D eigenvalue weighted by molar-refractivity contribution is 0.0980. The number of allylic oxidation sites excluding steroid dienone is 2. The first-order chi connectivity index (χ1) is 8.35. The van der Waals surface area contributed by atoms with Crippen LogP contribution in [0, 0.1) is 17.8 Å². The van der Waals surface area contributed by atoms with Crippen LogP contribution in [0.2, 0.25) is 0 Å². The van der Waals surface area contributed by atoms with Crippen LogP contribution in [0.3, 0.4) is 0 Å². The third-order valence-electron chi connectivity index (χ3n) is 4.79. The Balaban J connectivity index is 1.44. The van der Waals surface area contributed by atoms with Crippen LogP contribution in [0.25, 0.3) is 0 Å². The topological polar surface area (TPSA) is 26.7 Å². The molecule has 2 bridgehead atoms. The first kappa shape index (κ1) is 11.7. The van der Waals surface area contributed by atoms with Crippen molar-refractivity contribution in [2.75, 3.05) is 45.9 Å². The van der Waals surface area contributed by atoms with E-state index < -0.39 is 0 Å². The van der Waals surface area contributed by atoms with Crippen LogP contribution in [-0.4, -0.2) is 60.8 Å². The SMILES string of the molecule is OCCN1CCN(C[C@H]2C[C@H]3C=C[C@H]2C3)CC1. The lowest BCUT2D eigenvalue weighted by Gasteiger charge is -2.36. The molecule has 1 N–H and O–H groups in total. The van der Waals surface area contributed by atoms with Crippen molar-refractivity contribution in [1.82, 2.24) is 9.80 Å². The molecule has 0 aromatic heterocycles. The maximum atomic E-state index is 8.92. The summed E-state index contributed by atoms with van der Waals surface area (Å²) < 4.78 is 0. The maximum Gasteiger partial charge on any atom is 0.0558 e. The molecule has 1 saturated heterocycles. The molecule has 3 nitrogen and oxygen atoms in total. The number of rotatable bonds is 4. The van der Waals surface area contributed by atoms with Gasteiger partial charge in [-0.05, 0) is 30.6 Å². The van der Waals surface area contributed by atoms with Crippen LogP contribution >= 0.6 is 0 Å². The van der Waals surface area contributed by atoms with Gasteiger partial charge < -0.3 is 10.0 Å². The van der Waals surface area contributed by atoms with Crippen LogP contribution in [0.5, 0.6) is 0 Å². The molecule has 3 aliphatic rings. The monoisotopic (exact) mass is 236 g/mol. The molecule has 3 heteroatoms. The summed E-state index contributed by atoms with van der Waals surface area (Å²) >= 11 is 0. The molecule has 1 heterocycles. The highest BCUT2D eigenvalue weighted by molar-refractivity contribution is 5.10. The Kier molecular flexibility index (Phi) is 3.50. The summed E-state index contributed by atoms with van der Waals surface area (Å²) in [6.07, 6.45) is 7.74. The van der Waals surface area contributed by atoms with Crippen molar-refractivity contribution in [3.63, 3.8) is 0 Å². The third-order valence-corrected chi connectivity index (χ3v) is 4.79. The number of nitrogens with zero attached hydrogens (tertiary/aromatic N) is 2. The Labute approximate surface area is 104 Å². The van der Waals surface area contributed by atoms with Crippen LogP contribution < -0.4 is 0 Å². The fraction of sp³-hybridized carbons (Fsp3) is 0.857. The fourth-order valence-electron chi connectivity index (χ4n) is 3.77. The molecular formula is C14H24N2O. The highest BCUT2D eigenvalue weighted by atomic mass is 16.3. The van der Waals surface area contributed by atoms with Gasteiger partial charge in [0.15, 0.2) is 0 Å². The Morgan fingerprint density at radius 1 is 1.00 bits per heavy atom. The van der Waals surface area contributed by atoms with Gasteiger partial charge in [-0.15, -0.1) is 0 Å². The van der Waals surface area contributed by atoms with E-state index in [0.717, 1.165) is 37.4 Å². The number of aliphatic hydroxyl groups excluding tert-OH is 1. The van der Waals surface area contributed by atoms with Crippen LogP contribution in [0.1, 0.15) is 12.8 Å². The van der Waals surface area contributed by atoms with Crippen LogP contribution in [0.15, 0.2) is 12.2 Å². The summed E-state index contributed by atoms with van der Waals surface area (Å²) in [5.41, 5.74) is 0. The van der Waals surface area contributed by atoms with Crippen molar-refractivity contribution in [3.8, 4) is 0 Å². The normalized spacial score (nSPS) is 38.1. The summed E-state index contributed by atoms with van der Waals surface area (Å²) in [4.78, 5) is 5.00. The van der Waals surface area contributed by atoms with Crippen molar-refractivity contribution in [1.29, 1.82) is 0 Å². The van der Waals surface area contributed by atoms with Gasteiger partial charge in [0.05, 0.1) is 6.61 Å². The summed E-state index contributed by atoms with van der Waals surface area (Å²) in [6.45, 7) is 7.12. The van der Waals surface area contributed by atoms with E-state index in [1.165, 1.54) is 32.5 Å². The van der Waals surface area contributed by atoms with Crippen molar-refractivity contribution in [3.05, 3.63) is 12.2 Å². The maximum absolute atomic E-state index is 8.92. The molecule has 0 aromatic rings. The van der Waals surface area contributed by atoms with E-state index in [2.05, 4.69) is 22.0 Å². The van der Waals surface area contributed by atoms with E-state index in [9.17, 15) is 0 Å². The zero-order valence-corrected chi connectivity index (χ0v) is 10.6. The van der Waals surface area contributed by atoms with Crippen molar-refractivity contribution in [2.24, 2.45) is 17.8 Å². The summed E-state index contributed by atoms with van der Waals surface area (Å²) in [6, 6.07) is 0. The second-order valence-corrected chi connectivity index (χ2v) is 5.91. The number of hydrogen-bond donors (Lipinski definition) is 1. The van der Waals surface area contributed by atoms with E-state index in [1.54, 1.807) is 0 Å². The minimum Gasteiger partial charge on any atom is -0.395 e. The molecule has 2 aliphatic carbocycles. The summed E-state index contributed by atoms with van der Waals surface area (Å²) in [5, 5.41) is 8.92. The van der Waals surface area contributed by atoms with Gasteiger partial charge in [0.1, 0.15) is 0 Å². The van der Waals surface area contributed by atoms with Gasteiger partial charge in [0, 0.05) is 39.3 Å². The van der Waals surface area contributed by atoms with Gasteiger partial charge in [-0.1, -0.05) is 12.2 Å². The number of fused-ring (bicyclic) bond motifs is 2. The molecule has 1 saturated carbocycles. The Bertz CT molecular complexity index is 284. The molecule has 3 rings (SSSR count). The first-order valence-corrected chi connectivity index (χ1v) is 7.09. The molecule has 3 atom stereocenters. The van der Waals surface area contributed by atoms with Crippen LogP contribution in [-0.2, 0) is 0 Å². The molecular weight excluding hydrogens is 212 g/mol. The number of hydrogen-bond acceptors (Lipinski definition) is 3. The largest absolute Gasteiger partial charge is 0.395 e. The summed E-state index contributed by atoms with van der Waals surface area (Å²) in [7, 11) is 0. The molecule has 0 radical (unpaired) electrons. The highest BCUT2D eigenvalue weighted by Gasteiger charge is 2.36. The van der Waals surface area contributed by atoms with E-state index in [4.69, 9.17) is 5.11 Å². The Morgan fingerprint density at radius 3 is 2.35 bits per heavy atom. The first-order valence-electron chi connectivity index (χ1n) is 7.09. The second-order valence-electron chi connectivity index (χ2n) is 5.91. The number of piperazine rings is 1. The molecule has 0 spiro atoms. The molecule has 1 aliphatic heterocycles. The van der Waals surface area contributed by atoms with E-state index in [1.807, 2.05) is 0 Å². The van der Waals surface area contributed by atoms with E-state index >= 15 is 0 Å². The van der Waals surface area contributed by atoms with Crippen molar-refractivity contribution in [2.45, 2.75) is 12.8 Å². The third kappa shape index (κ3) is 2.56. The predicted molar refractivity (Wildman–Crippen MR) is 68.8 cm³/mol. The fourth-order valence-corrected chi connectivity index (χ4v) is 3.77. The molecule has 2 fully saturated rings.